The van der Waals surface area contributed by atoms with Gasteiger partial charge in [0.2, 0.25) is 11.8 Å². The number of fused-ring (bicyclic) bond motifs is 8. The van der Waals surface area contributed by atoms with Gasteiger partial charge < -0.3 is 30.7 Å². The van der Waals surface area contributed by atoms with E-state index in [4.69, 9.17) is 9.47 Å². The smallest absolute Gasteiger partial charge is 0.408 e. The second-order valence-corrected chi connectivity index (χ2v) is 18.2. The van der Waals surface area contributed by atoms with E-state index in [0.717, 1.165) is 22.5 Å². The Labute approximate surface area is 364 Å². The van der Waals surface area contributed by atoms with E-state index in [1.807, 2.05) is 132 Å². The van der Waals surface area contributed by atoms with E-state index in [1.165, 1.54) is 0 Å². The van der Waals surface area contributed by atoms with Gasteiger partial charge in [-0.1, -0.05) is 52.0 Å². The molecule has 6 rings (SSSR count). The molecule has 0 aromatic carbocycles. The number of hydrogen-bond acceptors (Lipinski definition) is 10. The van der Waals surface area contributed by atoms with Crippen molar-refractivity contribution in [2.45, 2.75) is 105 Å². The van der Waals surface area contributed by atoms with Gasteiger partial charge in [0.15, 0.2) is 0 Å². The molecule has 0 fully saturated rings. The Kier molecular flexibility index (Phi) is 14.8. The number of alkyl carbamates (subject to hydrolysis) is 2. The lowest BCUT2D eigenvalue weighted by molar-refractivity contribution is -0.120. The van der Waals surface area contributed by atoms with Gasteiger partial charge in [-0.05, 0) is 90.5 Å². The third-order valence-corrected chi connectivity index (χ3v) is 10.1. The van der Waals surface area contributed by atoms with Gasteiger partial charge in [-0.15, -0.1) is 0 Å². The highest BCUT2D eigenvalue weighted by atomic mass is 16.6. The Bertz CT molecular complexity index is 2130. The molecule has 4 N–H and O–H groups in total. The molecule has 16 heteroatoms. The predicted octanol–water partition coefficient (Wildman–Crippen LogP) is 8.44. The summed E-state index contributed by atoms with van der Waals surface area (Å²) in [5.74, 6) is -0.610. The second-order valence-electron chi connectivity index (χ2n) is 18.2. The maximum Gasteiger partial charge on any atom is 0.408 e. The second kappa shape index (κ2) is 19.6. The van der Waals surface area contributed by atoms with Gasteiger partial charge in [0.25, 0.3) is 0 Å². The number of anilines is 2. The highest BCUT2D eigenvalue weighted by Crippen LogP contribution is 2.33. The maximum absolute atomic E-state index is 13.0. The van der Waals surface area contributed by atoms with Crippen molar-refractivity contribution >= 4 is 35.4 Å². The Morgan fingerprint density at radius 3 is 1.39 bits per heavy atom. The molecule has 2 aliphatic rings. The molecular weight excluding hydrogens is 789 g/mol. The van der Waals surface area contributed by atoms with Crippen molar-refractivity contribution in [3.8, 4) is 22.5 Å². The molecule has 4 atom stereocenters. The molecule has 4 bridgehead atoms. The average Bonchev–Trinajstić information content (AvgIpc) is 3.71. The first-order valence-corrected chi connectivity index (χ1v) is 21.0. The quantitative estimate of drug-likeness (QED) is 0.145. The lowest BCUT2D eigenvalue weighted by Crippen LogP contribution is -2.35. The van der Waals surface area contributed by atoms with Gasteiger partial charge in [-0.25, -0.2) is 9.59 Å². The van der Waals surface area contributed by atoms with E-state index in [9.17, 15) is 19.2 Å². The van der Waals surface area contributed by atoms with Crippen molar-refractivity contribution in [2.24, 2.45) is 37.8 Å². The Morgan fingerprint density at radius 1 is 0.677 bits per heavy atom. The number of nitrogens with one attached hydrogen (secondary N) is 4. The van der Waals surface area contributed by atoms with E-state index in [0.29, 0.717) is 35.6 Å². The van der Waals surface area contributed by atoms with Crippen LogP contribution >= 0.6 is 0 Å². The van der Waals surface area contributed by atoms with Crippen LogP contribution in [-0.4, -0.2) is 64.7 Å². The van der Waals surface area contributed by atoms with Crippen molar-refractivity contribution < 1.29 is 28.7 Å². The molecule has 0 saturated heterocycles. The summed E-state index contributed by atoms with van der Waals surface area (Å²) in [6, 6.07) is 6.73. The monoisotopic (exact) mass is 850 g/mol. The van der Waals surface area contributed by atoms with Crippen molar-refractivity contribution in [1.29, 1.82) is 0 Å². The van der Waals surface area contributed by atoms with Gasteiger partial charge in [0.05, 0.1) is 70.5 Å². The summed E-state index contributed by atoms with van der Waals surface area (Å²) in [5, 5.41) is 20.6. The zero-order chi connectivity index (χ0) is 45.5. The molecule has 4 amide bonds. The Morgan fingerprint density at radius 2 is 1.05 bits per heavy atom. The molecule has 4 aromatic rings. The molecular formula is C46H62N10O6. The number of nitrogens with zero attached hydrogens (tertiary/aromatic N) is 6. The number of ether oxygens (including phenoxy) is 2. The van der Waals surface area contributed by atoms with E-state index >= 15 is 0 Å². The molecule has 0 radical (unpaired) electrons. The topological polar surface area (TPSA) is 196 Å². The molecule has 6 heterocycles. The fourth-order valence-electron chi connectivity index (χ4n) is 7.10. The van der Waals surface area contributed by atoms with Crippen LogP contribution in [-0.2, 0) is 33.2 Å². The highest BCUT2D eigenvalue weighted by molar-refractivity contribution is 5.98. The minimum Gasteiger partial charge on any atom is -0.444 e. The summed E-state index contributed by atoms with van der Waals surface area (Å²) in [7, 11) is 3.65. The minimum absolute atomic E-state index is 0.0907. The molecule has 16 nitrogen and oxygen atoms in total. The molecule has 0 aliphatic carbocycles. The van der Waals surface area contributed by atoms with Crippen molar-refractivity contribution in [3.63, 3.8) is 0 Å². The summed E-state index contributed by atoms with van der Waals surface area (Å²) < 4.78 is 14.3. The number of carbonyl (C=O) groups is 4. The number of amides is 4. The fraction of sp³-hybridized carbons (Fsp3) is 0.478. The van der Waals surface area contributed by atoms with Crippen LogP contribution in [0.25, 0.3) is 22.5 Å². The van der Waals surface area contributed by atoms with Gasteiger partial charge in [-0.2, -0.15) is 10.2 Å². The molecule has 0 unspecified atom stereocenters. The summed E-state index contributed by atoms with van der Waals surface area (Å²) in [5.41, 5.74) is 4.72. The normalized spacial score (nSPS) is 20.2. The first-order valence-electron chi connectivity index (χ1n) is 21.0. The number of hydrogen-bond donors (Lipinski definition) is 4. The SMILES string of the molecule is CC(C)[C@@H]1/C=C/C[C@H](NC(=O)OC(C)(C)C)c2cc(ccn2)-c2c(cnn2C)NC1=O.CC(C)[C@H]1/C=C/C[C@H](NC(=O)OC(C)(C)C)c2cc(ccn2)-c2c(cnn2C)NC1=O. The number of aromatic nitrogens is 6. The van der Waals surface area contributed by atoms with Crippen LogP contribution < -0.4 is 21.3 Å². The predicted molar refractivity (Wildman–Crippen MR) is 239 cm³/mol. The van der Waals surface area contributed by atoms with Crippen LogP contribution in [0.3, 0.4) is 0 Å². The van der Waals surface area contributed by atoms with Crippen molar-refractivity contribution in [1.82, 2.24) is 40.2 Å². The zero-order valence-electron chi connectivity index (χ0n) is 37.9. The van der Waals surface area contributed by atoms with Crippen LogP contribution in [0.15, 0.2) is 73.4 Å². The van der Waals surface area contributed by atoms with Gasteiger partial charge in [0.1, 0.15) is 11.2 Å². The summed E-state index contributed by atoms with van der Waals surface area (Å²) in [4.78, 5) is 59.9. The molecule has 332 valence electrons. The molecule has 2 aliphatic heterocycles. The Balaban J connectivity index is 0.000000234. The maximum atomic E-state index is 13.0. The van der Waals surface area contributed by atoms with Gasteiger partial charge in [-0.3, -0.25) is 28.9 Å². The molecule has 0 spiro atoms. The van der Waals surface area contributed by atoms with E-state index < -0.39 is 35.5 Å². The first-order chi connectivity index (χ1) is 29.1. The zero-order valence-corrected chi connectivity index (χ0v) is 37.9. The third-order valence-electron chi connectivity index (χ3n) is 10.1. The molecule has 62 heavy (non-hydrogen) atoms. The number of aryl methyl sites for hydroxylation is 2. The highest BCUT2D eigenvalue weighted by Gasteiger charge is 2.28. The van der Waals surface area contributed by atoms with Crippen LogP contribution in [0.4, 0.5) is 21.0 Å². The van der Waals surface area contributed by atoms with Crippen molar-refractivity contribution in [2.75, 3.05) is 10.6 Å². The third kappa shape index (κ3) is 12.4. The van der Waals surface area contributed by atoms with Crippen LogP contribution in [0.1, 0.15) is 106 Å². The largest absolute Gasteiger partial charge is 0.444 e. The lowest BCUT2D eigenvalue weighted by atomic mass is 9.93. The standard InChI is InChI=1S/2C23H31N5O3/c2*1-14(2)16-8-7-9-17(27-22(30)31-23(3,4)5)18-12-15(10-11-24-18)20-19(26-21(16)29)13-25-28(20)6/h2*7-8,10-14,16-17H,9H2,1-6H3,(H,26,29)(H,27,30)/b2*8-7+/t16-,17+;16-,17-/m10/s1. The summed E-state index contributed by atoms with van der Waals surface area (Å²) in [6.45, 7) is 18.9. The van der Waals surface area contributed by atoms with Gasteiger partial charge >= 0.3 is 12.2 Å². The van der Waals surface area contributed by atoms with Crippen molar-refractivity contribution in [3.05, 3.63) is 84.7 Å². The van der Waals surface area contributed by atoms with Crippen LogP contribution in [0.5, 0.6) is 0 Å². The molecule has 0 saturated carbocycles. The van der Waals surface area contributed by atoms with E-state index in [1.54, 1.807) is 34.2 Å². The molecule has 4 aromatic heterocycles. The Hall–Kier alpha value is -6.32. The average molecular weight is 851 g/mol. The van der Waals surface area contributed by atoms with Gasteiger partial charge in [0, 0.05) is 37.6 Å². The van der Waals surface area contributed by atoms with E-state index in [-0.39, 0.29) is 35.5 Å². The van der Waals surface area contributed by atoms with Crippen LogP contribution in [0, 0.1) is 23.7 Å². The summed E-state index contributed by atoms with van der Waals surface area (Å²) in [6.07, 6.45) is 14.3. The number of pyridine rings is 2. The number of rotatable bonds is 4. The number of carbonyl (C=O) groups excluding carboxylic acids is 4. The fourth-order valence-corrected chi connectivity index (χ4v) is 7.10. The lowest BCUT2D eigenvalue weighted by Gasteiger charge is -2.24. The summed E-state index contributed by atoms with van der Waals surface area (Å²) >= 11 is 0. The minimum atomic E-state index is -0.606. The van der Waals surface area contributed by atoms with Crippen LogP contribution in [0.2, 0.25) is 0 Å². The van der Waals surface area contributed by atoms with E-state index in [2.05, 4.69) is 41.4 Å². The first kappa shape index (κ1) is 46.7.